The largest absolute Gasteiger partial charge is 0.348 e. The number of halogens is 3. The van der Waals surface area contributed by atoms with Gasteiger partial charge in [-0.3, -0.25) is 4.57 Å². The molecule has 0 unspecified atom stereocenters. The lowest BCUT2D eigenvalue weighted by Crippen LogP contribution is -2.41. The summed E-state index contributed by atoms with van der Waals surface area (Å²) in [5.41, 5.74) is 6.15. The van der Waals surface area contributed by atoms with E-state index < -0.39 is 0 Å². The zero-order valence-corrected chi connectivity index (χ0v) is 14.3. The van der Waals surface area contributed by atoms with Gasteiger partial charge in [-0.1, -0.05) is 0 Å². The van der Waals surface area contributed by atoms with Crippen molar-refractivity contribution in [1.82, 2.24) is 14.5 Å². The van der Waals surface area contributed by atoms with Crippen LogP contribution in [0.4, 0.5) is 4.39 Å². The van der Waals surface area contributed by atoms with Gasteiger partial charge in [0.25, 0.3) is 0 Å². The number of fused-ring (bicyclic) bond motifs is 1. The van der Waals surface area contributed by atoms with E-state index in [4.69, 9.17) is 5.73 Å². The normalized spacial score (nSPS) is 15.9. The molecule has 23 heavy (non-hydrogen) atoms. The minimum Gasteiger partial charge on any atom is -0.328 e. The zero-order chi connectivity index (χ0) is 14.8. The van der Waals surface area contributed by atoms with Crippen LogP contribution in [-0.4, -0.2) is 40.1 Å². The molecular formula is C15H21Cl2FN4O. The quantitative estimate of drug-likeness (QED) is 0.903. The van der Waals surface area contributed by atoms with E-state index in [9.17, 15) is 9.18 Å². The van der Waals surface area contributed by atoms with Crippen LogP contribution in [0.1, 0.15) is 12.8 Å². The van der Waals surface area contributed by atoms with Crippen LogP contribution < -0.4 is 11.4 Å². The molecule has 1 aromatic heterocycles. The maximum atomic E-state index is 13.4. The van der Waals surface area contributed by atoms with Crippen LogP contribution in [0.15, 0.2) is 29.2 Å². The Bertz CT molecular complexity index is 701. The van der Waals surface area contributed by atoms with Gasteiger partial charge in [-0.15, -0.1) is 24.8 Å². The molecule has 0 aliphatic carbocycles. The highest BCUT2D eigenvalue weighted by Gasteiger charge is 2.16. The van der Waals surface area contributed by atoms with E-state index in [1.165, 1.54) is 18.3 Å². The number of rotatable bonds is 3. The summed E-state index contributed by atoms with van der Waals surface area (Å²) in [6, 6.07) is 4.71. The van der Waals surface area contributed by atoms with Gasteiger partial charge in [0.2, 0.25) is 0 Å². The van der Waals surface area contributed by atoms with Crippen molar-refractivity contribution in [1.29, 1.82) is 0 Å². The molecular weight excluding hydrogens is 342 g/mol. The van der Waals surface area contributed by atoms with E-state index >= 15 is 0 Å². The molecule has 1 fully saturated rings. The maximum Gasteiger partial charge on any atom is 0.348 e. The molecule has 1 saturated heterocycles. The number of likely N-dealkylation sites (tertiary alicyclic amines) is 1. The van der Waals surface area contributed by atoms with Crippen LogP contribution in [0.2, 0.25) is 0 Å². The molecule has 0 bridgehead atoms. The third kappa shape index (κ3) is 4.64. The third-order valence-corrected chi connectivity index (χ3v) is 4.10. The molecule has 2 aromatic rings. The molecule has 1 aromatic carbocycles. The summed E-state index contributed by atoms with van der Waals surface area (Å²) in [6.45, 7) is 3.16. The molecule has 5 nitrogen and oxygen atoms in total. The van der Waals surface area contributed by atoms with Gasteiger partial charge in [-0.2, -0.15) is 0 Å². The number of nitrogens with zero attached hydrogens (tertiary/aromatic N) is 3. The Morgan fingerprint density at radius 3 is 2.61 bits per heavy atom. The fourth-order valence-electron chi connectivity index (χ4n) is 2.79. The van der Waals surface area contributed by atoms with Gasteiger partial charge in [0.15, 0.2) is 0 Å². The fourth-order valence-corrected chi connectivity index (χ4v) is 2.79. The highest BCUT2D eigenvalue weighted by atomic mass is 35.5. The number of aromatic nitrogens is 2. The predicted molar refractivity (Wildman–Crippen MR) is 94.1 cm³/mol. The van der Waals surface area contributed by atoms with Crippen molar-refractivity contribution in [3.8, 4) is 0 Å². The monoisotopic (exact) mass is 362 g/mol. The molecule has 0 spiro atoms. The van der Waals surface area contributed by atoms with Crippen LogP contribution in [0.3, 0.4) is 0 Å². The van der Waals surface area contributed by atoms with Crippen molar-refractivity contribution in [3.63, 3.8) is 0 Å². The van der Waals surface area contributed by atoms with E-state index in [0.29, 0.717) is 12.1 Å². The molecule has 1 aliphatic rings. The number of hydrogen-bond acceptors (Lipinski definition) is 4. The van der Waals surface area contributed by atoms with Gasteiger partial charge < -0.3 is 10.6 Å². The van der Waals surface area contributed by atoms with Crippen molar-refractivity contribution in [3.05, 3.63) is 40.7 Å². The number of nitrogens with two attached hydrogens (primary N) is 1. The lowest BCUT2D eigenvalue weighted by Gasteiger charge is -2.30. The Balaban J connectivity index is 0.00000132. The van der Waals surface area contributed by atoms with Crippen molar-refractivity contribution in [2.75, 3.05) is 19.6 Å². The first-order chi connectivity index (χ1) is 10.1. The van der Waals surface area contributed by atoms with E-state index in [0.717, 1.165) is 37.9 Å². The summed E-state index contributed by atoms with van der Waals surface area (Å²) in [7, 11) is 0. The second-order valence-corrected chi connectivity index (χ2v) is 5.57. The Morgan fingerprint density at radius 2 is 1.91 bits per heavy atom. The van der Waals surface area contributed by atoms with Crippen molar-refractivity contribution >= 4 is 35.7 Å². The molecule has 0 amide bonds. The first-order valence-corrected chi connectivity index (χ1v) is 7.26. The molecule has 2 heterocycles. The predicted octanol–water partition coefficient (Wildman–Crippen LogP) is 1.80. The van der Waals surface area contributed by atoms with E-state index in [1.807, 2.05) is 0 Å². The Hall–Kier alpha value is -1.21. The average molecular weight is 363 g/mol. The van der Waals surface area contributed by atoms with Crippen LogP contribution in [0, 0.1) is 5.82 Å². The van der Waals surface area contributed by atoms with Crippen molar-refractivity contribution in [2.24, 2.45) is 5.73 Å². The first-order valence-electron chi connectivity index (χ1n) is 7.26. The van der Waals surface area contributed by atoms with Crippen molar-refractivity contribution in [2.45, 2.75) is 25.4 Å². The van der Waals surface area contributed by atoms with E-state index in [2.05, 4.69) is 9.88 Å². The SMILES string of the molecule is Cl.Cl.NC1CCN(CCn2c(=O)ncc3ccc(F)cc32)CC1. The second-order valence-electron chi connectivity index (χ2n) is 5.57. The van der Waals surface area contributed by atoms with Crippen LogP contribution in [0.5, 0.6) is 0 Å². The standard InChI is InChI=1S/C15H19FN4O.2ClH/c16-12-2-1-11-10-18-15(21)20(14(11)9-12)8-7-19-5-3-13(17)4-6-19;;/h1-2,9-10,13H,3-8,17H2;2*1H. The van der Waals surface area contributed by atoms with Gasteiger partial charge >= 0.3 is 5.69 Å². The summed E-state index contributed by atoms with van der Waals surface area (Å²) in [4.78, 5) is 18.1. The smallest absolute Gasteiger partial charge is 0.328 e. The van der Waals surface area contributed by atoms with E-state index in [1.54, 1.807) is 10.6 Å². The molecule has 0 saturated carbocycles. The maximum absolute atomic E-state index is 13.4. The highest BCUT2D eigenvalue weighted by molar-refractivity contribution is 5.85. The van der Waals surface area contributed by atoms with Gasteiger partial charge in [0.1, 0.15) is 5.82 Å². The average Bonchev–Trinajstić information content (AvgIpc) is 2.48. The summed E-state index contributed by atoms with van der Waals surface area (Å²) >= 11 is 0. The number of piperidine rings is 1. The van der Waals surface area contributed by atoms with Crippen LogP contribution >= 0.6 is 24.8 Å². The topological polar surface area (TPSA) is 64.2 Å². The molecule has 128 valence electrons. The van der Waals surface area contributed by atoms with E-state index in [-0.39, 0.29) is 42.4 Å². The molecule has 0 atom stereocenters. The minimum absolute atomic E-state index is 0. The Kier molecular flexibility index (Phi) is 7.41. The fraction of sp³-hybridized carbons (Fsp3) is 0.467. The lowest BCUT2D eigenvalue weighted by molar-refractivity contribution is 0.206. The minimum atomic E-state index is -0.342. The summed E-state index contributed by atoms with van der Waals surface area (Å²) < 4.78 is 15.0. The van der Waals surface area contributed by atoms with Crippen LogP contribution in [-0.2, 0) is 6.54 Å². The lowest BCUT2D eigenvalue weighted by atomic mass is 10.1. The summed E-state index contributed by atoms with van der Waals surface area (Å²) in [5.74, 6) is -0.342. The Labute approximate surface area is 146 Å². The third-order valence-electron chi connectivity index (χ3n) is 4.10. The number of benzene rings is 1. The van der Waals surface area contributed by atoms with Gasteiger partial charge in [-0.05, 0) is 44.1 Å². The molecule has 1 aliphatic heterocycles. The summed E-state index contributed by atoms with van der Waals surface area (Å²) in [5, 5.41) is 0.775. The number of hydrogen-bond donors (Lipinski definition) is 1. The van der Waals surface area contributed by atoms with Gasteiger partial charge in [-0.25, -0.2) is 14.2 Å². The molecule has 2 N–H and O–H groups in total. The molecule has 3 rings (SSSR count). The first kappa shape index (κ1) is 19.8. The van der Waals surface area contributed by atoms with Crippen molar-refractivity contribution < 1.29 is 4.39 Å². The highest BCUT2D eigenvalue weighted by Crippen LogP contribution is 2.13. The van der Waals surface area contributed by atoms with Gasteiger partial charge in [0.05, 0.1) is 5.52 Å². The van der Waals surface area contributed by atoms with Crippen LogP contribution in [0.25, 0.3) is 10.9 Å². The molecule has 8 heteroatoms. The zero-order valence-electron chi connectivity index (χ0n) is 12.7. The molecule has 0 radical (unpaired) electrons. The summed E-state index contributed by atoms with van der Waals surface area (Å²) in [6.07, 6.45) is 3.46. The second kappa shape index (κ2) is 8.59. The Morgan fingerprint density at radius 1 is 1.22 bits per heavy atom. The van der Waals surface area contributed by atoms with Gasteiger partial charge in [0, 0.05) is 30.7 Å².